The van der Waals surface area contributed by atoms with E-state index in [2.05, 4.69) is 4.98 Å². The molecule has 0 saturated carbocycles. The maximum absolute atomic E-state index is 11.8. The molecule has 0 aliphatic rings. The van der Waals surface area contributed by atoms with E-state index in [0.29, 0.717) is 4.88 Å². The SMILES string of the molecule is CC[C@@H](N)c1cncn1-c1c(C)csc1C(=O)OC. The number of rotatable bonds is 4. The molecule has 6 heteroatoms. The van der Waals surface area contributed by atoms with Crippen LogP contribution in [-0.2, 0) is 4.74 Å². The highest BCUT2D eigenvalue weighted by atomic mass is 32.1. The monoisotopic (exact) mass is 279 g/mol. The number of hydrogen-bond donors (Lipinski definition) is 1. The first-order chi connectivity index (χ1) is 9.10. The van der Waals surface area contributed by atoms with Crippen LogP contribution < -0.4 is 5.73 Å². The second kappa shape index (κ2) is 5.54. The molecular formula is C13H17N3O2S. The number of aryl methyl sites for hydroxylation is 1. The average Bonchev–Trinajstić information content (AvgIpc) is 3.02. The largest absolute Gasteiger partial charge is 0.465 e. The van der Waals surface area contributed by atoms with E-state index < -0.39 is 0 Å². The number of esters is 1. The van der Waals surface area contributed by atoms with Crippen LogP contribution in [0.1, 0.15) is 40.3 Å². The number of thiophene rings is 1. The van der Waals surface area contributed by atoms with Gasteiger partial charge in [0.15, 0.2) is 0 Å². The third-order valence-corrected chi connectivity index (χ3v) is 4.11. The van der Waals surface area contributed by atoms with Crippen molar-refractivity contribution in [3.8, 4) is 5.69 Å². The van der Waals surface area contributed by atoms with Crippen molar-refractivity contribution in [2.45, 2.75) is 26.3 Å². The topological polar surface area (TPSA) is 70.1 Å². The van der Waals surface area contributed by atoms with Gasteiger partial charge in [-0.15, -0.1) is 11.3 Å². The van der Waals surface area contributed by atoms with Gasteiger partial charge in [-0.3, -0.25) is 4.57 Å². The van der Waals surface area contributed by atoms with Gasteiger partial charge in [-0.05, 0) is 24.3 Å². The van der Waals surface area contributed by atoms with Crippen molar-refractivity contribution in [2.24, 2.45) is 5.73 Å². The van der Waals surface area contributed by atoms with Crippen LogP contribution in [0.4, 0.5) is 0 Å². The van der Waals surface area contributed by atoms with E-state index in [-0.39, 0.29) is 12.0 Å². The average molecular weight is 279 g/mol. The number of nitrogens with zero attached hydrogens (tertiary/aromatic N) is 2. The predicted molar refractivity (Wildman–Crippen MR) is 74.7 cm³/mol. The normalized spacial score (nSPS) is 12.4. The standard InChI is InChI=1S/C13H17N3O2S/c1-4-9(14)10-5-15-7-16(10)11-8(2)6-19-12(11)13(17)18-3/h5-7,9H,4,14H2,1-3H3/t9-/m1/s1. The van der Waals surface area contributed by atoms with E-state index >= 15 is 0 Å². The third-order valence-electron chi connectivity index (χ3n) is 3.04. The van der Waals surface area contributed by atoms with Crippen LogP contribution in [0.15, 0.2) is 17.9 Å². The molecule has 0 aromatic carbocycles. The van der Waals surface area contributed by atoms with Crippen molar-refractivity contribution in [2.75, 3.05) is 7.11 Å². The van der Waals surface area contributed by atoms with E-state index in [0.717, 1.165) is 23.4 Å². The number of imidazole rings is 1. The van der Waals surface area contributed by atoms with Gasteiger partial charge in [-0.1, -0.05) is 6.92 Å². The van der Waals surface area contributed by atoms with Gasteiger partial charge in [0.25, 0.3) is 0 Å². The van der Waals surface area contributed by atoms with E-state index in [4.69, 9.17) is 10.5 Å². The van der Waals surface area contributed by atoms with Gasteiger partial charge in [0.2, 0.25) is 0 Å². The molecule has 2 aromatic heterocycles. The highest BCUT2D eigenvalue weighted by Crippen LogP contribution is 2.29. The van der Waals surface area contributed by atoms with Crippen molar-refractivity contribution >= 4 is 17.3 Å². The summed E-state index contributed by atoms with van der Waals surface area (Å²) in [5.41, 5.74) is 8.80. The van der Waals surface area contributed by atoms with Gasteiger partial charge in [0, 0.05) is 6.04 Å². The first-order valence-electron chi connectivity index (χ1n) is 6.04. The zero-order valence-corrected chi connectivity index (χ0v) is 12.0. The summed E-state index contributed by atoms with van der Waals surface area (Å²) in [4.78, 5) is 16.5. The van der Waals surface area contributed by atoms with E-state index in [1.807, 2.05) is 23.8 Å². The highest BCUT2D eigenvalue weighted by Gasteiger charge is 2.21. The van der Waals surface area contributed by atoms with Gasteiger partial charge in [-0.2, -0.15) is 0 Å². The Morgan fingerprint density at radius 3 is 3.00 bits per heavy atom. The Morgan fingerprint density at radius 1 is 1.63 bits per heavy atom. The van der Waals surface area contributed by atoms with Crippen LogP contribution in [0.25, 0.3) is 5.69 Å². The minimum absolute atomic E-state index is 0.104. The van der Waals surface area contributed by atoms with Crippen LogP contribution in [0.3, 0.4) is 0 Å². The molecule has 0 saturated heterocycles. The van der Waals surface area contributed by atoms with Crippen molar-refractivity contribution in [1.82, 2.24) is 9.55 Å². The molecule has 0 aliphatic carbocycles. The lowest BCUT2D eigenvalue weighted by Gasteiger charge is -2.14. The van der Waals surface area contributed by atoms with Crippen molar-refractivity contribution < 1.29 is 9.53 Å². The predicted octanol–water partition coefficient (Wildman–Crippen LogP) is 2.44. The zero-order valence-electron chi connectivity index (χ0n) is 11.2. The lowest BCUT2D eigenvalue weighted by atomic mass is 10.1. The smallest absolute Gasteiger partial charge is 0.350 e. The third kappa shape index (κ3) is 2.41. The highest BCUT2D eigenvalue weighted by molar-refractivity contribution is 7.12. The Hall–Kier alpha value is -1.66. The lowest BCUT2D eigenvalue weighted by molar-refractivity contribution is 0.0606. The summed E-state index contributed by atoms with van der Waals surface area (Å²) in [6, 6.07) is -0.104. The summed E-state index contributed by atoms with van der Waals surface area (Å²) in [5, 5.41) is 1.93. The number of carbonyl (C=O) groups excluding carboxylic acids is 1. The maximum atomic E-state index is 11.8. The van der Waals surface area contributed by atoms with Crippen LogP contribution in [0.5, 0.6) is 0 Å². The molecule has 0 aliphatic heterocycles. The number of hydrogen-bond acceptors (Lipinski definition) is 5. The van der Waals surface area contributed by atoms with Crippen LogP contribution in [0.2, 0.25) is 0 Å². The molecule has 0 bridgehead atoms. The molecule has 2 aromatic rings. The van der Waals surface area contributed by atoms with Crippen molar-refractivity contribution in [3.05, 3.63) is 34.0 Å². The Balaban J connectivity index is 2.56. The van der Waals surface area contributed by atoms with Gasteiger partial charge in [0.1, 0.15) is 4.88 Å². The summed E-state index contributed by atoms with van der Waals surface area (Å²) in [5.74, 6) is -0.335. The molecule has 19 heavy (non-hydrogen) atoms. The van der Waals surface area contributed by atoms with Gasteiger partial charge < -0.3 is 10.5 Å². The summed E-state index contributed by atoms with van der Waals surface area (Å²) >= 11 is 1.37. The number of carbonyl (C=O) groups is 1. The first kappa shape index (κ1) is 13.8. The Morgan fingerprint density at radius 2 is 2.37 bits per heavy atom. The Kier molecular flexibility index (Phi) is 4.01. The van der Waals surface area contributed by atoms with Crippen LogP contribution >= 0.6 is 11.3 Å². The van der Waals surface area contributed by atoms with Gasteiger partial charge in [0.05, 0.1) is 31.0 Å². The van der Waals surface area contributed by atoms with E-state index in [1.165, 1.54) is 18.4 Å². The molecule has 0 spiro atoms. The molecule has 5 nitrogen and oxygen atoms in total. The quantitative estimate of drug-likeness (QED) is 0.873. The minimum atomic E-state index is -0.335. The summed E-state index contributed by atoms with van der Waals surface area (Å²) in [6.45, 7) is 3.98. The fraction of sp³-hybridized carbons (Fsp3) is 0.385. The van der Waals surface area contributed by atoms with Gasteiger partial charge >= 0.3 is 5.97 Å². The molecule has 102 valence electrons. The minimum Gasteiger partial charge on any atom is -0.465 e. The number of nitrogens with two attached hydrogens (primary N) is 1. The summed E-state index contributed by atoms with van der Waals surface area (Å²) in [6.07, 6.45) is 4.24. The fourth-order valence-corrected chi connectivity index (χ4v) is 2.91. The van der Waals surface area contributed by atoms with Crippen molar-refractivity contribution in [1.29, 1.82) is 0 Å². The van der Waals surface area contributed by atoms with E-state index in [9.17, 15) is 4.79 Å². The second-order valence-electron chi connectivity index (χ2n) is 4.29. The molecule has 1 atom stereocenters. The summed E-state index contributed by atoms with van der Waals surface area (Å²) < 4.78 is 6.70. The lowest BCUT2D eigenvalue weighted by Crippen LogP contribution is -2.15. The Labute approximate surface area is 116 Å². The van der Waals surface area contributed by atoms with Crippen LogP contribution in [0, 0.1) is 6.92 Å². The molecule has 0 radical (unpaired) electrons. The maximum Gasteiger partial charge on any atom is 0.350 e. The van der Waals surface area contributed by atoms with Crippen LogP contribution in [-0.4, -0.2) is 22.6 Å². The molecule has 2 rings (SSSR count). The van der Waals surface area contributed by atoms with Gasteiger partial charge in [-0.25, -0.2) is 9.78 Å². The molecular weight excluding hydrogens is 262 g/mol. The Bertz CT molecular complexity index is 588. The van der Waals surface area contributed by atoms with Crippen molar-refractivity contribution in [3.63, 3.8) is 0 Å². The number of aromatic nitrogens is 2. The fourth-order valence-electron chi connectivity index (χ4n) is 1.95. The number of methoxy groups -OCH3 is 1. The van der Waals surface area contributed by atoms with E-state index in [1.54, 1.807) is 12.5 Å². The molecule has 0 unspecified atom stereocenters. The molecule has 0 amide bonds. The summed E-state index contributed by atoms with van der Waals surface area (Å²) in [7, 11) is 1.38. The molecule has 2 heterocycles. The number of ether oxygens (including phenoxy) is 1. The first-order valence-corrected chi connectivity index (χ1v) is 6.92. The zero-order chi connectivity index (χ0) is 14.0. The molecule has 0 fully saturated rings. The molecule has 2 N–H and O–H groups in total. The second-order valence-corrected chi connectivity index (χ2v) is 5.17.